The van der Waals surface area contributed by atoms with Crippen molar-refractivity contribution in [2.24, 2.45) is 10.7 Å². The van der Waals surface area contributed by atoms with Gasteiger partial charge in [-0.2, -0.15) is 13.2 Å². The van der Waals surface area contributed by atoms with Crippen LogP contribution in [0.25, 0.3) is 5.57 Å². The SMILES string of the molecule is CN=C(N)N1C=CC(C(F)(F)F)=C/C1=C(/C=O)c1ccccc1C. The summed E-state index contributed by atoms with van der Waals surface area (Å²) >= 11 is 0. The van der Waals surface area contributed by atoms with Crippen LogP contribution in [0.4, 0.5) is 13.2 Å². The summed E-state index contributed by atoms with van der Waals surface area (Å²) in [5.74, 6) is -0.0216. The fourth-order valence-electron chi connectivity index (χ4n) is 2.33. The number of rotatable bonds is 2. The van der Waals surface area contributed by atoms with Crippen LogP contribution in [0.3, 0.4) is 0 Å². The molecule has 0 spiro atoms. The number of aldehydes is 1. The maximum Gasteiger partial charge on any atom is 0.416 e. The van der Waals surface area contributed by atoms with Gasteiger partial charge in [0.15, 0.2) is 12.2 Å². The molecule has 0 amide bonds. The Morgan fingerprint density at radius 3 is 2.50 bits per heavy atom. The summed E-state index contributed by atoms with van der Waals surface area (Å²) in [6.45, 7) is 1.77. The Morgan fingerprint density at radius 1 is 1.29 bits per heavy atom. The minimum atomic E-state index is -4.54. The highest BCUT2D eigenvalue weighted by molar-refractivity contribution is 6.10. The van der Waals surface area contributed by atoms with Crippen molar-refractivity contribution in [1.29, 1.82) is 0 Å². The Balaban J connectivity index is 2.74. The van der Waals surface area contributed by atoms with Gasteiger partial charge < -0.3 is 5.73 Å². The van der Waals surface area contributed by atoms with Crippen LogP contribution in [0.1, 0.15) is 11.1 Å². The summed E-state index contributed by atoms with van der Waals surface area (Å²) in [7, 11) is 1.41. The van der Waals surface area contributed by atoms with E-state index in [9.17, 15) is 18.0 Å². The van der Waals surface area contributed by atoms with Crippen LogP contribution in [0.2, 0.25) is 0 Å². The third-order valence-electron chi connectivity index (χ3n) is 3.59. The highest BCUT2D eigenvalue weighted by Crippen LogP contribution is 2.34. The van der Waals surface area contributed by atoms with Gasteiger partial charge in [-0.05, 0) is 30.2 Å². The molecule has 1 aromatic rings. The molecule has 1 aromatic carbocycles. The molecule has 7 heteroatoms. The minimum Gasteiger partial charge on any atom is -0.369 e. The van der Waals surface area contributed by atoms with Crippen molar-refractivity contribution in [3.05, 3.63) is 65.0 Å². The Morgan fingerprint density at radius 2 is 1.96 bits per heavy atom. The number of aryl methyl sites for hydroxylation is 1. The van der Waals surface area contributed by atoms with Gasteiger partial charge in [-0.1, -0.05) is 24.3 Å². The average Bonchev–Trinajstić information content (AvgIpc) is 2.55. The fraction of sp³-hybridized carbons (Fsp3) is 0.176. The second-order valence-electron chi connectivity index (χ2n) is 5.10. The van der Waals surface area contributed by atoms with Crippen molar-refractivity contribution >= 4 is 17.8 Å². The van der Waals surface area contributed by atoms with Gasteiger partial charge in [0, 0.05) is 18.8 Å². The van der Waals surface area contributed by atoms with Gasteiger partial charge in [0.2, 0.25) is 0 Å². The summed E-state index contributed by atoms with van der Waals surface area (Å²) in [4.78, 5) is 16.7. The smallest absolute Gasteiger partial charge is 0.369 e. The molecule has 24 heavy (non-hydrogen) atoms. The van der Waals surface area contributed by atoms with Crippen LogP contribution in [0.5, 0.6) is 0 Å². The summed E-state index contributed by atoms with van der Waals surface area (Å²) in [6.07, 6.45) is -1.07. The van der Waals surface area contributed by atoms with Crippen LogP contribution in [-0.4, -0.2) is 30.4 Å². The first kappa shape index (κ1) is 17.5. The molecule has 2 N–H and O–H groups in total. The molecule has 0 atom stereocenters. The summed E-state index contributed by atoms with van der Waals surface area (Å²) in [5, 5.41) is 0. The maximum absolute atomic E-state index is 13.1. The summed E-state index contributed by atoms with van der Waals surface area (Å²) in [5.41, 5.74) is 6.31. The minimum absolute atomic E-state index is 0.0216. The number of guanidine groups is 1. The quantitative estimate of drug-likeness (QED) is 0.391. The lowest BCUT2D eigenvalue weighted by molar-refractivity contribution is -0.103. The number of alkyl halides is 3. The molecule has 1 heterocycles. The van der Waals surface area contributed by atoms with Crippen LogP contribution in [0.15, 0.2) is 58.9 Å². The molecular formula is C17H16F3N3O. The first-order chi connectivity index (χ1) is 11.3. The van der Waals surface area contributed by atoms with Crippen LogP contribution in [-0.2, 0) is 4.79 Å². The zero-order valence-corrected chi connectivity index (χ0v) is 13.1. The molecule has 0 saturated heterocycles. The lowest BCUT2D eigenvalue weighted by Crippen LogP contribution is -2.34. The fourth-order valence-corrected chi connectivity index (χ4v) is 2.33. The van der Waals surface area contributed by atoms with Crippen molar-refractivity contribution in [2.45, 2.75) is 13.1 Å². The number of carbonyl (C=O) groups excluding carboxylic acids is 1. The zero-order valence-electron chi connectivity index (χ0n) is 13.1. The molecule has 1 aliphatic rings. The number of benzene rings is 1. The molecule has 0 unspecified atom stereocenters. The molecule has 1 aliphatic heterocycles. The first-order valence-electron chi connectivity index (χ1n) is 7.03. The third kappa shape index (κ3) is 3.40. The van der Waals surface area contributed by atoms with Crippen molar-refractivity contribution in [1.82, 2.24) is 4.90 Å². The molecule has 0 saturated carbocycles. The number of nitrogens with zero attached hydrogens (tertiary/aromatic N) is 2. The summed E-state index contributed by atoms with van der Waals surface area (Å²) in [6, 6.07) is 6.93. The number of allylic oxidation sites excluding steroid dienone is 4. The first-order valence-corrected chi connectivity index (χ1v) is 7.03. The molecular weight excluding hydrogens is 319 g/mol. The Hall–Kier alpha value is -2.83. The van der Waals surface area contributed by atoms with E-state index in [4.69, 9.17) is 5.73 Å². The highest BCUT2D eigenvalue weighted by Gasteiger charge is 2.35. The molecule has 126 valence electrons. The van der Waals surface area contributed by atoms with Gasteiger partial charge in [-0.25, -0.2) is 0 Å². The number of carbonyl (C=O) groups is 1. The van der Waals surface area contributed by atoms with Gasteiger partial charge in [-0.15, -0.1) is 0 Å². The van der Waals surface area contributed by atoms with Crippen molar-refractivity contribution in [2.75, 3.05) is 7.05 Å². The number of hydrogen-bond acceptors (Lipinski definition) is 2. The molecule has 0 radical (unpaired) electrons. The van der Waals surface area contributed by atoms with E-state index in [0.717, 1.165) is 23.9 Å². The molecule has 0 aromatic heterocycles. The maximum atomic E-state index is 13.1. The van der Waals surface area contributed by atoms with E-state index in [1.165, 1.54) is 11.9 Å². The van der Waals surface area contributed by atoms with Crippen LogP contribution >= 0.6 is 0 Å². The van der Waals surface area contributed by atoms with Gasteiger partial charge >= 0.3 is 6.18 Å². The third-order valence-corrected chi connectivity index (χ3v) is 3.59. The second kappa shape index (κ2) is 6.74. The number of aliphatic imine (C=N–C) groups is 1. The summed E-state index contributed by atoms with van der Waals surface area (Å²) < 4.78 is 39.2. The van der Waals surface area contributed by atoms with E-state index in [1.807, 2.05) is 0 Å². The van der Waals surface area contributed by atoms with Gasteiger partial charge in [0.05, 0.1) is 11.3 Å². The highest BCUT2D eigenvalue weighted by atomic mass is 19.4. The van der Waals surface area contributed by atoms with E-state index in [0.29, 0.717) is 11.8 Å². The Kier molecular flexibility index (Phi) is 4.92. The molecule has 0 fully saturated rings. The number of hydrogen-bond donors (Lipinski definition) is 1. The van der Waals surface area contributed by atoms with E-state index in [2.05, 4.69) is 4.99 Å². The van der Waals surface area contributed by atoms with E-state index < -0.39 is 11.7 Å². The molecule has 0 aliphatic carbocycles. The van der Waals surface area contributed by atoms with Gasteiger partial charge in [0.25, 0.3) is 0 Å². The topological polar surface area (TPSA) is 58.7 Å². The van der Waals surface area contributed by atoms with Gasteiger partial charge in [0.1, 0.15) is 0 Å². The Bertz CT molecular complexity index is 774. The second-order valence-corrected chi connectivity index (χ2v) is 5.10. The lowest BCUT2D eigenvalue weighted by Gasteiger charge is -2.27. The largest absolute Gasteiger partial charge is 0.416 e. The van der Waals surface area contributed by atoms with Crippen LogP contribution < -0.4 is 5.73 Å². The van der Waals surface area contributed by atoms with E-state index in [1.54, 1.807) is 31.2 Å². The normalized spacial score (nSPS) is 17.6. The molecule has 2 rings (SSSR count). The predicted molar refractivity (Wildman–Crippen MR) is 86.8 cm³/mol. The number of nitrogens with two attached hydrogens (primary N) is 1. The lowest BCUT2D eigenvalue weighted by atomic mass is 9.97. The van der Waals surface area contributed by atoms with E-state index in [-0.39, 0.29) is 17.2 Å². The van der Waals surface area contributed by atoms with E-state index >= 15 is 0 Å². The zero-order chi connectivity index (χ0) is 17.9. The molecule has 4 nitrogen and oxygen atoms in total. The van der Waals surface area contributed by atoms with Crippen molar-refractivity contribution in [3.8, 4) is 0 Å². The molecule has 0 bridgehead atoms. The Labute approximate surface area is 137 Å². The van der Waals surface area contributed by atoms with Crippen LogP contribution in [0, 0.1) is 6.92 Å². The number of halogens is 3. The average molecular weight is 335 g/mol. The van der Waals surface area contributed by atoms with Gasteiger partial charge in [-0.3, -0.25) is 14.7 Å². The van der Waals surface area contributed by atoms with Crippen molar-refractivity contribution < 1.29 is 18.0 Å². The monoisotopic (exact) mass is 335 g/mol. The predicted octanol–water partition coefficient (Wildman–Crippen LogP) is 3.17. The standard InChI is InChI=1S/C17H16F3N3O/c1-11-5-3-4-6-13(11)14(10-24)15-9-12(17(18,19)20)7-8-23(15)16(21)22-2/h3-10H,1-2H3,(H2,21,22)/b15-14+. The van der Waals surface area contributed by atoms with Crippen molar-refractivity contribution in [3.63, 3.8) is 0 Å².